The number of hydrogen-bond acceptors (Lipinski definition) is 3. The molecule has 1 aromatic carbocycles. The average molecular weight is 359 g/mol. The molecule has 0 saturated heterocycles. The average Bonchev–Trinajstić information content (AvgIpc) is 2.86. The third kappa shape index (κ3) is 2.86. The topological polar surface area (TPSA) is 42.2 Å². The highest BCUT2D eigenvalue weighted by Crippen LogP contribution is 2.28. The van der Waals surface area contributed by atoms with Crippen molar-refractivity contribution in [3.8, 4) is 0 Å². The number of rotatable bonds is 4. The van der Waals surface area contributed by atoms with E-state index in [1.807, 2.05) is 10.7 Å². The Labute approximate surface area is 138 Å². The Hall–Kier alpha value is -1.88. The molecule has 22 heavy (non-hydrogen) atoms. The molecule has 0 aliphatic heterocycles. The number of fused-ring (bicyclic) bond motifs is 1. The summed E-state index contributed by atoms with van der Waals surface area (Å²) in [6.45, 7) is 6.45. The van der Waals surface area contributed by atoms with Crippen molar-refractivity contribution in [1.82, 2.24) is 14.6 Å². The van der Waals surface area contributed by atoms with Gasteiger partial charge in [-0.3, -0.25) is 0 Å². The van der Waals surface area contributed by atoms with E-state index in [4.69, 9.17) is 0 Å². The van der Waals surface area contributed by atoms with Gasteiger partial charge >= 0.3 is 0 Å². The van der Waals surface area contributed by atoms with Gasteiger partial charge in [0.25, 0.3) is 0 Å². The van der Waals surface area contributed by atoms with E-state index in [2.05, 4.69) is 70.3 Å². The highest BCUT2D eigenvalue weighted by molar-refractivity contribution is 9.10. The third-order valence-corrected chi connectivity index (χ3v) is 4.33. The van der Waals surface area contributed by atoms with Crippen LogP contribution in [0.5, 0.6) is 0 Å². The van der Waals surface area contributed by atoms with Gasteiger partial charge in [0.15, 0.2) is 5.82 Å². The van der Waals surface area contributed by atoms with Crippen molar-refractivity contribution >= 4 is 27.3 Å². The molecule has 4 nitrogen and oxygen atoms in total. The van der Waals surface area contributed by atoms with E-state index in [0.717, 1.165) is 22.2 Å². The van der Waals surface area contributed by atoms with Crippen LogP contribution >= 0.6 is 15.9 Å². The van der Waals surface area contributed by atoms with Crippen LogP contribution in [0.15, 0.2) is 41.3 Å². The van der Waals surface area contributed by atoms with Gasteiger partial charge in [-0.15, -0.1) is 0 Å². The predicted molar refractivity (Wildman–Crippen MR) is 93.3 cm³/mol. The van der Waals surface area contributed by atoms with E-state index in [-0.39, 0.29) is 6.04 Å². The van der Waals surface area contributed by atoms with E-state index >= 15 is 0 Å². The Morgan fingerprint density at radius 2 is 1.95 bits per heavy atom. The van der Waals surface area contributed by atoms with Gasteiger partial charge < -0.3 is 5.32 Å². The quantitative estimate of drug-likeness (QED) is 0.736. The Balaban J connectivity index is 1.99. The van der Waals surface area contributed by atoms with Crippen LogP contribution in [0.3, 0.4) is 0 Å². The van der Waals surface area contributed by atoms with Crippen LogP contribution in [-0.4, -0.2) is 14.6 Å². The van der Waals surface area contributed by atoms with Crippen LogP contribution in [0.2, 0.25) is 0 Å². The molecule has 3 aromatic rings. The monoisotopic (exact) mass is 358 g/mol. The lowest BCUT2D eigenvalue weighted by molar-refractivity contribution is 0.742. The second-order valence-corrected chi connectivity index (χ2v) is 6.44. The summed E-state index contributed by atoms with van der Waals surface area (Å²) in [7, 11) is 0. The highest BCUT2D eigenvalue weighted by Gasteiger charge is 2.14. The Morgan fingerprint density at radius 1 is 1.23 bits per heavy atom. The van der Waals surface area contributed by atoms with Crippen LogP contribution in [0.25, 0.3) is 5.52 Å². The Bertz CT molecular complexity index is 789. The summed E-state index contributed by atoms with van der Waals surface area (Å²) < 4.78 is 2.77. The summed E-state index contributed by atoms with van der Waals surface area (Å²) in [6.07, 6.45) is 6.39. The number of hydrogen-bond donors (Lipinski definition) is 1. The first-order valence-corrected chi connectivity index (χ1v) is 8.20. The largest absolute Gasteiger partial charge is 0.361 e. The molecule has 1 unspecified atom stereocenters. The zero-order valence-electron chi connectivity index (χ0n) is 13.0. The Morgan fingerprint density at radius 3 is 2.64 bits per heavy atom. The standard InChI is InChI=1S/C17H19BrN4/c1-4-15(13-8-11(2)7-12(3)9-13)21-17-16-14(18)10-20-22(16)6-5-19-17/h5-10,15H,4H2,1-3H3,(H,19,21). The van der Waals surface area contributed by atoms with Crippen LogP contribution in [-0.2, 0) is 0 Å². The second-order valence-electron chi connectivity index (χ2n) is 5.59. The molecule has 0 aliphatic rings. The minimum Gasteiger partial charge on any atom is -0.361 e. The number of nitrogens with zero attached hydrogens (tertiary/aromatic N) is 3. The third-order valence-electron chi connectivity index (χ3n) is 3.75. The van der Waals surface area contributed by atoms with Crippen molar-refractivity contribution in [3.63, 3.8) is 0 Å². The molecule has 2 heterocycles. The van der Waals surface area contributed by atoms with E-state index in [0.29, 0.717) is 0 Å². The van der Waals surface area contributed by atoms with E-state index in [1.54, 1.807) is 12.4 Å². The lowest BCUT2D eigenvalue weighted by Gasteiger charge is -2.20. The van der Waals surface area contributed by atoms with Crippen molar-refractivity contribution in [2.24, 2.45) is 0 Å². The molecule has 0 bridgehead atoms. The number of benzene rings is 1. The molecule has 0 spiro atoms. The maximum absolute atomic E-state index is 4.50. The number of aryl methyl sites for hydroxylation is 2. The zero-order chi connectivity index (χ0) is 15.7. The normalized spacial score (nSPS) is 12.5. The van der Waals surface area contributed by atoms with Gasteiger partial charge in [-0.2, -0.15) is 5.10 Å². The summed E-state index contributed by atoms with van der Waals surface area (Å²) in [5.41, 5.74) is 4.82. The molecule has 5 heteroatoms. The number of anilines is 1. The molecule has 0 fully saturated rings. The summed E-state index contributed by atoms with van der Waals surface area (Å²) in [5.74, 6) is 0.845. The van der Waals surface area contributed by atoms with Gasteiger partial charge in [0.05, 0.1) is 16.7 Å². The van der Waals surface area contributed by atoms with Crippen LogP contribution in [0.1, 0.15) is 36.1 Å². The maximum atomic E-state index is 4.50. The minimum atomic E-state index is 0.221. The van der Waals surface area contributed by atoms with Gasteiger partial charge in [-0.25, -0.2) is 9.50 Å². The summed E-state index contributed by atoms with van der Waals surface area (Å²) in [4.78, 5) is 4.50. The molecule has 0 radical (unpaired) electrons. The second kappa shape index (κ2) is 6.08. The first-order valence-electron chi connectivity index (χ1n) is 7.41. The SMILES string of the molecule is CCC(Nc1nccn2ncc(Br)c12)c1cc(C)cc(C)c1. The Kier molecular flexibility index (Phi) is 4.16. The first kappa shape index (κ1) is 15.0. The first-order chi connectivity index (χ1) is 10.6. The number of nitrogens with one attached hydrogen (secondary N) is 1. The van der Waals surface area contributed by atoms with E-state index in [9.17, 15) is 0 Å². The van der Waals surface area contributed by atoms with Crippen LogP contribution in [0.4, 0.5) is 5.82 Å². The fraction of sp³-hybridized carbons (Fsp3) is 0.294. The molecule has 0 amide bonds. The van der Waals surface area contributed by atoms with Crippen molar-refractivity contribution in [2.45, 2.75) is 33.2 Å². The van der Waals surface area contributed by atoms with Gasteiger partial charge in [-0.05, 0) is 41.8 Å². The minimum absolute atomic E-state index is 0.221. The van der Waals surface area contributed by atoms with Crippen LogP contribution in [0, 0.1) is 13.8 Å². The van der Waals surface area contributed by atoms with Gasteiger partial charge in [0.2, 0.25) is 0 Å². The number of aromatic nitrogens is 3. The van der Waals surface area contributed by atoms with Crippen molar-refractivity contribution in [1.29, 1.82) is 0 Å². The van der Waals surface area contributed by atoms with Crippen molar-refractivity contribution in [3.05, 3.63) is 58.0 Å². The fourth-order valence-corrected chi connectivity index (χ4v) is 3.27. The van der Waals surface area contributed by atoms with E-state index in [1.165, 1.54) is 16.7 Å². The van der Waals surface area contributed by atoms with Crippen molar-refractivity contribution in [2.75, 3.05) is 5.32 Å². The molecular weight excluding hydrogens is 340 g/mol. The maximum Gasteiger partial charge on any atom is 0.153 e. The summed E-state index contributed by atoms with van der Waals surface area (Å²) >= 11 is 3.55. The molecule has 1 atom stereocenters. The van der Waals surface area contributed by atoms with Gasteiger partial charge in [-0.1, -0.05) is 36.2 Å². The summed E-state index contributed by atoms with van der Waals surface area (Å²) in [5, 5.41) is 7.87. The lowest BCUT2D eigenvalue weighted by atomic mass is 9.99. The fourth-order valence-electron chi connectivity index (χ4n) is 2.81. The molecule has 0 aliphatic carbocycles. The smallest absolute Gasteiger partial charge is 0.153 e. The van der Waals surface area contributed by atoms with Crippen LogP contribution < -0.4 is 5.32 Å². The molecule has 2 aromatic heterocycles. The molecule has 114 valence electrons. The molecular formula is C17H19BrN4. The zero-order valence-corrected chi connectivity index (χ0v) is 14.6. The lowest BCUT2D eigenvalue weighted by Crippen LogP contribution is -2.12. The number of halogens is 1. The van der Waals surface area contributed by atoms with E-state index < -0.39 is 0 Å². The van der Waals surface area contributed by atoms with Gasteiger partial charge in [0, 0.05) is 12.4 Å². The molecule has 1 N–H and O–H groups in total. The molecule has 3 rings (SSSR count). The summed E-state index contributed by atoms with van der Waals surface area (Å²) in [6, 6.07) is 6.89. The predicted octanol–water partition coefficient (Wildman–Crippen LogP) is 4.67. The molecule has 0 saturated carbocycles. The van der Waals surface area contributed by atoms with Crippen molar-refractivity contribution < 1.29 is 0 Å². The van der Waals surface area contributed by atoms with Gasteiger partial charge in [0.1, 0.15) is 5.52 Å². The highest BCUT2D eigenvalue weighted by atomic mass is 79.9.